The molecule has 1 N–H and O–H groups in total. The largest absolute Gasteiger partial charge is 0.504 e. The minimum atomic E-state index is 0. The average molecular weight is 330 g/mol. The Morgan fingerprint density at radius 1 is 0.917 bits per heavy atom. The van der Waals surface area contributed by atoms with Gasteiger partial charge in [0, 0.05) is 0 Å². The molecule has 0 aliphatic rings. The van der Waals surface area contributed by atoms with Crippen molar-refractivity contribution < 1.29 is 14.6 Å². The molecular formula is C21H30O3. The number of ether oxygens (including phenoxy) is 2. The summed E-state index contributed by atoms with van der Waals surface area (Å²) in [6.45, 7) is 2.28. The van der Waals surface area contributed by atoms with Gasteiger partial charge >= 0.3 is 0 Å². The number of benzene rings is 2. The van der Waals surface area contributed by atoms with Gasteiger partial charge in [-0.15, -0.1) is 0 Å². The van der Waals surface area contributed by atoms with Crippen LogP contribution in [0, 0.1) is 5.92 Å². The van der Waals surface area contributed by atoms with E-state index in [4.69, 9.17) is 9.47 Å². The van der Waals surface area contributed by atoms with Crippen LogP contribution in [0.4, 0.5) is 0 Å². The average Bonchev–Trinajstić information content (AvgIpc) is 2.59. The normalized spacial score (nSPS) is 11.5. The maximum atomic E-state index is 9.64. The predicted octanol–water partition coefficient (Wildman–Crippen LogP) is 5.25. The van der Waals surface area contributed by atoms with E-state index in [9.17, 15) is 5.11 Å². The van der Waals surface area contributed by atoms with E-state index in [1.165, 1.54) is 11.1 Å². The van der Waals surface area contributed by atoms with Gasteiger partial charge in [-0.05, 0) is 60.9 Å². The summed E-state index contributed by atoms with van der Waals surface area (Å²) in [5.41, 5.74) is 2.47. The van der Waals surface area contributed by atoms with Crippen LogP contribution in [0.2, 0.25) is 0 Å². The summed E-state index contributed by atoms with van der Waals surface area (Å²) >= 11 is 0. The topological polar surface area (TPSA) is 38.7 Å². The first-order chi connectivity index (χ1) is 11.1. The first kappa shape index (κ1) is 19.9. The highest BCUT2D eigenvalue weighted by Crippen LogP contribution is 2.28. The van der Waals surface area contributed by atoms with E-state index in [2.05, 4.69) is 19.1 Å². The van der Waals surface area contributed by atoms with Crippen molar-refractivity contribution in [2.45, 2.75) is 40.0 Å². The molecule has 0 amide bonds. The van der Waals surface area contributed by atoms with E-state index in [1.54, 1.807) is 20.3 Å². The Hall–Kier alpha value is -2.16. The Morgan fingerprint density at radius 3 is 2.29 bits per heavy atom. The van der Waals surface area contributed by atoms with Crippen LogP contribution in [0.25, 0.3) is 0 Å². The molecule has 0 aliphatic heterocycles. The van der Waals surface area contributed by atoms with Crippen LogP contribution in [0.3, 0.4) is 0 Å². The van der Waals surface area contributed by atoms with Crippen molar-refractivity contribution in [2.75, 3.05) is 14.2 Å². The second-order valence-electron chi connectivity index (χ2n) is 6.00. The highest BCUT2D eigenvalue weighted by molar-refractivity contribution is 5.41. The monoisotopic (exact) mass is 330 g/mol. The van der Waals surface area contributed by atoms with Crippen LogP contribution in [0.5, 0.6) is 17.2 Å². The van der Waals surface area contributed by atoms with Gasteiger partial charge in [-0.3, -0.25) is 0 Å². The number of hydrogen-bond donors (Lipinski definition) is 1. The van der Waals surface area contributed by atoms with Gasteiger partial charge in [-0.25, -0.2) is 0 Å². The molecule has 2 rings (SSSR count). The summed E-state index contributed by atoms with van der Waals surface area (Å²) in [5, 5.41) is 9.64. The molecule has 0 aromatic heterocycles. The first-order valence-corrected chi connectivity index (χ1v) is 8.11. The molecule has 132 valence electrons. The number of phenolic OH excluding ortho intramolecular Hbond substituents is 1. The van der Waals surface area contributed by atoms with E-state index >= 15 is 0 Å². The molecule has 0 bridgehead atoms. The van der Waals surface area contributed by atoms with Crippen LogP contribution in [-0.4, -0.2) is 19.3 Å². The quantitative estimate of drug-likeness (QED) is 0.718. The van der Waals surface area contributed by atoms with Crippen molar-refractivity contribution >= 4 is 0 Å². The smallest absolute Gasteiger partial charge is 0.160 e. The molecule has 3 nitrogen and oxygen atoms in total. The van der Waals surface area contributed by atoms with Crippen LogP contribution >= 0.6 is 0 Å². The van der Waals surface area contributed by atoms with Crippen LogP contribution in [0.15, 0.2) is 42.5 Å². The molecule has 0 fully saturated rings. The minimum Gasteiger partial charge on any atom is -0.504 e. The molecule has 0 saturated heterocycles. The van der Waals surface area contributed by atoms with E-state index in [0.717, 1.165) is 31.4 Å². The van der Waals surface area contributed by atoms with Gasteiger partial charge < -0.3 is 14.6 Å². The van der Waals surface area contributed by atoms with E-state index < -0.39 is 0 Å². The number of aromatic hydroxyl groups is 1. The third-order valence-electron chi connectivity index (χ3n) is 4.27. The summed E-state index contributed by atoms with van der Waals surface area (Å²) in [5.74, 6) is 2.34. The molecule has 3 heteroatoms. The Balaban J connectivity index is 0.00000288. The van der Waals surface area contributed by atoms with Crippen molar-refractivity contribution in [3.63, 3.8) is 0 Å². The second kappa shape index (κ2) is 9.86. The fraction of sp³-hybridized carbons (Fsp3) is 0.429. The lowest BCUT2D eigenvalue weighted by molar-refractivity contribution is 0.372. The van der Waals surface area contributed by atoms with Gasteiger partial charge in [0.2, 0.25) is 0 Å². The summed E-state index contributed by atoms with van der Waals surface area (Å²) in [4.78, 5) is 0. The lowest BCUT2D eigenvalue weighted by atomic mass is 9.94. The number of methoxy groups -OCH3 is 2. The zero-order valence-electron chi connectivity index (χ0n) is 14.2. The molecule has 0 heterocycles. The minimum absolute atomic E-state index is 0. The number of rotatable bonds is 8. The van der Waals surface area contributed by atoms with E-state index in [1.807, 2.05) is 24.3 Å². The second-order valence-corrected chi connectivity index (χ2v) is 6.00. The molecule has 24 heavy (non-hydrogen) atoms. The summed E-state index contributed by atoms with van der Waals surface area (Å²) in [6.07, 6.45) is 4.27. The van der Waals surface area contributed by atoms with Gasteiger partial charge in [0.25, 0.3) is 0 Å². The maximum absolute atomic E-state index is 9.64. The lowest BCUT2D eigenvalue weighted by Gasteiger charge is -2.13. The third kappa shape index (κ3) is 5.48. The van der Waals surface area contributed by atoms with Gasteiger partial charge in [0.15, 0.2) is 11.5 Å². The Kier molecular flexibility index (Phi) is 8.17. The van der Waals surface area contributed by atoms with Gasteiger partial charge in [0.05, 0.1) is 14.2 Å². The highest BCUT2D eigenvalue weighted by Gasteiger charge is 2.08. The van der Waals surface area contributed by atoms with E-state index in [0.29, 0.717) is 11.7 Å². The fourth-order valence-corrected chi connectivity index (χ4v) is 2.75. The van der Waals surface area contributed by atoms with Crippen molar-refractivity contribution in [2.24, 2.45) is 5.92 Å². The SMILES string of the molecule is C.COc1cc(CCC(C)CCc2ccccc2OC)ccc1O. The molecule has 2 aromatic rings. The number of hydrogen-bond acceptors (Lipinski definition) is 3. The molecule has 2 aromatic carbocycles. The molecule has 1 atom stereocenters. The van der Waals surface area contributed by atoms with Gasteiger partial charge in [0.1, 0.15) is 5.75 Å². The Labute approximate surface area is 146 Å². The summed E-state index contributed by atoms with van der Waals surface area (Å²) < 4.78 is 10.6. The van der Waals surface area contributed by atoms with Crippen LogP contribution in [0.1, 0.15) is 38.3 Å². The Bertz CT molecular complexity index is 622. The highest BCUT2D eigenvalue weighted by atomic mass is 16.5. The number of aryl methyl sites for hydroxylation is 2. The molecule has 0 saturated carbocycles. The summed E-state index contributed by atoms with van der Waals surface area (Å²) in [7, 11) is 3.30. The standard InChI is InChI=1S/C20H26O3.CH4/c1-15(9-12-17-6-4-5-7-19(17)22-2)8-10-16-11-13-18(21)20(14-16)23-3;/h4-7,11,13-15,21H,8-10,12H2,1-3H3;1H4. The van der Waals surface area contributed by atoms with Crippen molar-refractivity contribution in [3.05, 3.63) is 53.6 Å². The van der Waals surface area contributed by atoms with Crippen molar-refractivity contribution in [3.8, 4) is 17.2 Å². The first-order valence-electron chi connectivity index (χ1n) is 8.11. The molecule has 1 unspecified atom stereocenters. The van der Waals surface area contributed by atoms with Crippen molar-refractivity contribution in [1.82, 2.24) is 0 Å². The lowest BCUT2D eigenvalue weighted by Crippen LogP contribution is -2.01. The molecular weight excluding hydrogens is 300 g/mol. The fourth-order valence-electron chi connectivity index (χ4n) is 2.75. The molecule has 0 radical (unpaired) electrons. The van der Waals surface area contributed by atoms with Gasteiger partial charge in [-0.1, -0.05) is 38.6 Å². The van der Waals surface area contributed by atoms with E-state index in [-0.39, 0.29) is 13.2 Å². The third-order valence-corrected chi connectivity index (χ3v) is 4.27. The number of phenols is 1. The van der Waals surface area contributed by atoms with Crippen LogP contribution in [-0.2, 0) is 12.8 Å². The Morgan fingerprint density at radius 2 is 1.58 bits per heavy atom. The number of para-hydroxylation sites is 1. The molecule has 0 spiro atoms. The zero-order chi connectivity index (χ0) is 16.7. The zero-order valence-corrected chi connectivity index (χ0v) is 14.2. The van der Waals surface area contributed by atoms with Crippen LogP contribution < -0.4 is 9.47 Å². The van der Waals surface area contributed by atoms with Crippen molar-refractivity contribution in [1.29, 1.82) is 0 Å². The molecule has 0 aliphatic carbocycles. The summed E-state index contributed by atoms with van der Waals surface area (Å²) in [6, 6.07) is 13.8. The maximum Gasteiger partial charge on any atom is 0.160 e. The predicted molar refractivity (Wildman–Crippen MR) is 100 cm³/mol. The van der Waals surface area contributed by atoms with Gasteiger partial charge in [-0.2, -0.15) is 0 Å².